The number of hydrogen-bond donors (Lipinski definition) is 2. The third-order valence-corrected chi connectivity index (χ3v) is 4.37. The van der Waals surface area contributed by atoms with Crippen LogP contribution in [-0.2, 0) is 6.42 Å². The second-order valence-corrected chi connectivity index (χ2v) is 5.82. The number of piperazine rings is 1. The van der Waals surface area contributed by atoms with Crippen LogP contribution in [0.15, 0.2) is 6.07 Å². The van der Waals surface area contributed by atoms with E-state index < -0.39 is 0 Å². The van der Waals surface area contributed by atoms with Gasteiger partial charge in [0.2, 0.25) is 5.95 Å². The molecular formula is C15H26N6. The molecule has 0 aromatic carbocycles. The van der Waals surface area contributed by atoms with E-state index in [9.17, 15) is 0 Å². The summed E-state index contributed by atoms with van der Waals surface area (Å²) in [5.74, 6) is 1.86. The molecule has 2 N–H and O–H groups in total. The van der Waals surface area contributed by atoms with Crippen LogP contribution in [0, 0.1) is 0 Å². The summed E-state index contributed by atoms with van der Waals surface area (Å²) in [5, 5.41) is 6.78. The third-order valence-electron chi connectivity index (χ3n) is 4.37. The molecule has 0 bridgehead atoms. The molecule has 3 heterocycles. The van der Waals surface area contributed by atoms with E-state index in [0.29, 0.717) is 6.04 Å². The number of nitrogens with zero attached hydrogens (tertiary/aromatic N) is 4. The van der Waals surface area contributed by atoms with E-state index in [1.165, 1.54) is 0 Å². The molecule has 0 aliphatic carbocycles. The Morgan fingerprint density at radius 3 is 2.52 bits per heavy atom. The average Bonchev–Trinajstić information content (AvgIpc) is 2.50. The lowest BCUT2D eigenvalue weighted by molar-refractivity contribution is 0.270. The molecule has 0 saturated carbocycles. The zero-order chi connectivity index (χ0) is 14.7. The van der Waals surface area contributed by atoms with Crippen molar-refractivity contribution in [1.82, 2.24) is 20.2 Å². The van der Waals surface area contributed by atoms with Crippen LogP contribution in [0.2, 0.25) is 0 Å². The number of aryl methyl sites for hydroxylation is 1. The van der Waals surface area contributed by atoms with Gasteiger partial charge in [-0.25, -0.2) is 4.98 Å². The standard InChI is InChI=1S/C15H26N6/c1-3-12-9-14(17-13-10-16-11-13)19-15(18-12)21-7-5-20(4-2)6-8-21/h9,13,16H,3-8,10-11H2,1-2H3,(H,17,18,19). The van der Waals surface area contributed by atoms with Gasteiger partial charge in [0.1, 0.15) is 5.82 Å². The Hall–Kier alpha value is -1.40. The van der Waals surface area contributed by atoms with Gasteiger partial charge in [0.05, 0.1) is 6.04 Å². The molecular weight excluding hydrogens is 264 g/mol. The van der Waals surface area contributed by atoms with Crippen molar-refractivity contribution in [3.05, 3.63) is 11.8 Å². The highest BCUT2D eigenvalue weighted by Gasteiger charge is 2.21. The van der Waals surface area contributed by atoms with Gasteiger partial charge in [0.25, 0.3) is 0 Å². The van der Waals surface area contributed by atoms with E-state index in [2.05, 4.69) is 40.3 Å². The third kappa shape index (κ3) is 3.44. The van der Waals surface area contributed by atoms with Crippen molar-refractivity contribution in [2.24, 2.45) is 0 Å². The molecule has 0 unspecified atom stereocenters. The molecule has 2 aliphatic rings. The summed E-state index contributed by atoms with van der Waals surface area (Å²) in [6, 6.07) is 2.60. The molecule has 21 heavy (non-hydrogen) atoms. The minimum Gasteiger partial charge on any atom is -0.365 e. The van der Waals surface area contributed by atoms with Gasteiger partial charge in [-0.15, -0.1) is 0 Å². The number of likely N-dealkylation sites (N-methyl/N-ethyl adjacent to an activating group) is 1. The predicted octanol–water partition coefficient (Wildman–Crippen LogP) is 0.565. The largest absolute Gasteiger partial charge is 0.365 e. The van der Waals surface area contributed by atoms with E-state index in [-0.39, 0.29) is 0 Å². The van der Waals surface area contributed by atoms with Crippen LogP contribution in [0.25, 0.3) is 0 Å². The van der Waals surface area contributed by atoms with Crippen molar-refractivity contribution in [2.75, 3.05) is 56.0 Å². The highest BCUT2D eigenvalue weighted by Crippen LogP contribution is 2.17. The molecule has 0 amide bonds. The maximum absolute atomic E-state index is 4.74. The number of anilines is 2. The lowest BCUT2D eigenvalue weighted by Crippen LogP contribution is -2.51. The molecule has 2 aliphatic heterocycles. The van der Waals surface area contributed by atoms with Crippen LogP contribution in [0.3, 0.4) is 0 Å². The van der Waals surface area contributed by atoms with Gasteiger partial charge < -0.3 is 20.4 Å². The van der Waals surface area contributed by atoms with E-state index >= 15 is 0 Å². The van der Waals surface area contributed by atoms with Crippen molar-refractivity contribution >= 4 is 11.8 Å². The van der Waals surface area contributed by atoms with Gasteiger partial charge in [-0.1, -0.05) is 13.8 Å². The first kappa shape index (κ1) is 14.5. The highest BCUT2D eigenvalue weighted by molar-refractivity contribution is 5.45. The fraction of sp³-hybridized carbons (Fsp3) is 0.733. The highest BCUT2D eigenvalue weighted by atomic mass is 15.3. The zero-order valence-corrected chi connectivity index (χ0v) is 13.1. The fourth-order valence-corrected chi connectivity index (χ4v) is 2.74. The second kappa shape index (κ2) is 6.58. The molecule has 6 nitrogen and oxygen atoms in total. The van der Waals surface area contributed by atoms with Gasteiger partial charge in [-0.3, -0.25) is 0 Å². The lowest BCUT2D eigenvalue weighted by atomic mass is 10.2. The Bertz CT molecular complexity index is 465. The van der Waals surface area contributed by atoms with E-state index in [0.717, 1.165) is 69.7 Å². The van der Waals surface area contributed by atoms with E-state index in [1.54, 1.807) is 0 Å². The molecule has 1 aromatic heterocycles. The smallest absolute Gasteiger partial charge is 0.227 e. The first-order valence-electron chi connectivity index (χ1n) is 8.11. The van der Waals surface area contributed by atoms with Crippen LogP contribution >= 0.6 is 0 Å². The van der Waals surface area contributed by atoms with Crippen molar-refractivity contribution in [1.29, 1.82) is 0 Å². The summed E-state index contributed by atoms with van der Waals surface area (Å²) >= 11 is 0. The van der Waals surface area contributed by atoms with Gasteiger partial charge in [-0.05, 0) is 13.0 Å². The van der Waals surface area contributed by atoms with Gasteiger partial charge >= 0.3 is 0 Å². The van der Waals surface area contributed by atoms with Gasteiger partial charge in [0.15, 0.2) is 0 Å². The Labute approximate surface area is 126 Å². The maximum atomic E-state index is 4.74. The lowest BCUT2D eigenvalue weighted by Gasteiger charge is -2.34. The number of aromatic nitrogens is 2. The summed E-state index contributed by atoms with van der Waals surface area (Å²) in [5.41, 5.74) is 1.12. The van der Waals surface area contributed by atoms with Gasteiger partial charge in [0, 0.05) is 51.0 Å². The van der Waals surface area contributed by atoms with Crippen LogP contribution in [0.5, 0.6) is 0 Å². The number of nitrogens with one attached hydrogen (secondary N) is 2. The fourth-order valence-electron chi connectivity index (χ4n) is 2.74. The first-order chi connectivity index (χ1) is 10.3. The minimum absolute atomic E-state index is 0.509. The minimum atomic E-state index is 0.509. The topological polar surface area (TPSA) is 56.3 Å². The molecule has 1 aromatic rings. The van der Waals surface area contributed by atoms with Crippen LogP contribution in [0.1, 0.15) is 19.5 Å². The normalized spacial score (nSPS) is 20.4. The zero-order valence-electron chi connectivity index (χ0n) is 13.1. The molecule has 0 spiro atoms. The SMILES string of the molecule is CCc1cc(NC2CNC2)nc(N2CCN(CC)CC2)n1. The monoisotopic (exact) mass is 290 g/mol. The molecule has 2 saturated heterocycles. The van der Waals surface area contributed by atoms with E-state index in [4.69, 9.17) is 9.97 Å². The van der Waals surface area contributed by atoms with Crippen molar-refractivity contribution in [3.8, 4) is 0 Å². The first-order valence-corrected chi connectivity index (χ1v) is 8.11. The van der Waals surface area contributed by atoms with Crippen LogP contribution in [-0.4, -0.2) is 66.7 Å². The Morgan fingerprint density at radius 2 is 1.95 bits per heavy atom. The van der Waals surface area contributed by atoms with Crippen LogP contribution < -0.4 is 15.5 Å². The second-order valence-electron chi connectivity index (χ2n) is 5.82. The molecule has 2 fully saturated rings. The Morgan fingerprint density at radius 1 is 1.19 bits per heavy atom. The summed E-state index contributed by atoms with van der Waals surface area (Å²) < 4.78 is 0. The summed E-state index contributed by atoms with van der Waals surface area (Å²) in [6.07, 6.45) is 0.946. The Kier molecular flexibility index (Phi) is 4.55. The molecule has 6 heteroatoms. The number of hydrogen-bond acceptors (Lipinski definition) is 6. The quantitative estimate of drug-likeness (QED) is 0.827. The summed E-state index contributed by atoms with van der Waals surface area (Å²) in [7, 11) is 0. The molecule has 0 radical (unpaired) electrons. The van der Waals surface area contributed by atoms with Crippen molar-refractivity contribution in [2.45, 2.75) is 26.3 Å². The summed E-state index contributed by atoms with van der Waals surface area (Å²) in [6.45, 7) is 11.8. The molecule has 116 valence electrons. The van der Waals surface area contributed by atoms with Crippen molar-refractivity contribution in [3.63, 3.8) is 0 Å². The molecule has 3 rings (SSSR count). The Balaban J connectivity index is 1.72. The predicted molar refractivity (Wildman–Crippen MR) is 86.0 cm³/mol. The van der Waals surface area contributed by atoms with Crippen LogP contribution in [0.4, 0.5) is 11.8 Å². The van der Waals surface area contributed by atoms with Gasteiger partial charge in [-0.2, -0.15) is 4.98 Å². The summed E-state index contributed by atoms with van der Waals surface area (Å²) in [4.78, 5) is 14.2. The maximum Gasteiger partial charge on any atom is 0.227 e. The van der Waals surface area contributed by atoms with E-state index in [1.807, 2.05) is 0 Å². The molecule has 0 atom stereocenters. The van der Waals surface area contributed by atoms with Crippen molar-refractivity contribution < 1.29 is 0 Å². The average molecular weight is 290 g/mol. The number of rotatable bonds is 5.